The van der Waals surface area contributed by atoms with Gasteiger partial charge in [-0.25, -0.2) is 24.8 Å². The van der Waals surface area contributed by atoms with Crippen molar-refractivity contribution in [2.24, 2.45) is 5.92 Å². The molecule has 208 valence electrons. The molecule has 14 heteroatoms. The van der Waals surface area contributed by atoms with Crippen LogP contribution in [0.5, 0.6) is 0 Å². The summed E-state index contributed by atoms with van der Waals surface area (Å²) >= 11 is 0. The highest BCUT2D eigenvalue weighted by molar-refractivity contribution is 7.56. The molecule has 3 atom stereocenters. The standard InChI is InChI=1S/C23H39N6O7P/c1-14(2)10-33-22(31)23(7,8)28-37(32,36-17(6)21(30)35-15(3)4)13-34-16(5)9-29-12-27-18-19(24)25-11-26-20(18)29/h11-12,14-17H,9-10,13H2,1-8H3,(H,28,32)(H2,24,25,26)/t16-,17+,37-/m1/s1. The highest BCUT2D eigenvalue weighted by Crippen LogP contribution is 2.46. The maximum atomic E-state index is 13.9. The molecular formula is C23H39N6O7P. The first-order valence-electron chi connectivity index (χ1n) is 12.1. The van der Waals surface area contributed by atoms with Crippen LogP contribution in [-0.4, -0.2) is 68.3 Å². The minimum absolute atomic E-state index is 0.123. The van der Waals surface area contributed by atoms with Gasteiger partial charge in [-0.1, -0.05) is 13.8 Å². The zero-order valence-corrected chi connectivity index (χ0v) is 23.7. The molecule has 13 nitrogen and oxygen atoms in total. The van der Waals surface area contributed by atoms with E-state index in [-0.39, 0.29) is 24.4 Å². The van der Waals surface area contributed by atoms with Crippen molar-refractivity contribution in [1.29, 1.82) is 0 Å². The number of carbonyl (C=O) groups excluding carboxylic acids is 2. The van der Waals surface area contributed by atoms with Crippen LogP contribution in [0, 0.1) is 5.92 Å². The molecule has 0 unspecified atom stereocenters. The first kappa shape index (κ1) is 30.6. The first-order valence-corrected chi connectivity index (χ1v) is 13.9. The Morgan fingerprint density at radius 2 is 1.81 bits per heavy atom. The molecule has 3 N–H and O–H groups in total. The fraction of sp³-hybridized carbons (Fsp3) is 0.696. The van der Waals surface area contributed by atoms with Crippen LogP contribution in [0.1, 0.15) is 55.4 Å². The molecule has 0 fully saturated rings. The molecule has 2 aromatic rings. The van der Waals surface area contributed by atoms with Crippen LogP contribution in [0.3, 0.4) is 0 Å². The minimum Gasteiger partial charge on any atom is -0.464 e. The SMILES string of the molecule is CC(C)COC(=O)C(C)(C)N[P@@](=O)(CO[C@H](C)Cn1cnc2c(N)ncnc21)O[C@@H](C)C(=O)OC(C)C. The van der Waals surface area contributed by atoms with Crippen LogP contribution in [0.4, 0.5) is 5.82 Å². The van der Waals surface area contributed by atoms with Crippen molar-refractivity contribution in [3.8, 4) is 0 Å². The Kier molecular flexibility index (Phi) is 10.6. The summed E-state index contributed by atoms with van der Waals surface area (Å²) in [7, 11) is -3.94. The van der Waals surface area contributed by atoms with Crippen molar-refractivity contribution in [1.82, 2.24) is 24.6 Å². The van der Waals surface area contributed by atoms with Crippen molar-refractivity contribution >= 4 is 36.4 Å². The molecular weight excluding hydrogens is 503 g/mol. The lowest BCUT2D eigenvalue weighted by atomic mass is 10.1. The summed E-state index contributed by atoms with van der Waals surface area (Å²) in [6.45, 7) is 13.9. The van der Waals surface area contributed by atoms with Crippen LogP contribution in [0.15, 0.2) is 12.7 Å². The molecule has 0 aliphatic heterocycles. The van der Waals surface area contributed by atoms with E-state index in [2.05, 4.69) is 20.0 Å². The minimum atomic E-state index is -3.94. The lowest BCUT2D eigenvalue weighted by Crippen LogP contribution is -2.47. The van der Waals surface area contributed by atoms with Gasteiger partial charge in [0.05, 0.1) is 31.7 Å². The molecule has 2 heterocycles. The molecule has 0 aliphatic carbocycles. The van der Waals surface area contributed by atoms with E-state index in [0.717, 1.165) is 0 Å². The summed E-state index contributed by atoms with van der Waals surface area (Å²) in [4.78, 5) is 37.4. The predicted molar refractivity (Wildman–Crippen MR) is 138 cm³/mol. The lowest BCUT2D eigenvalue weighted by molar-refractivity contribution is -0.155. The Hall–Kier alpha value is -2.60. The monoisotopic (exact) mass is 542 g/mol. The molecule has 0 aromatic carbocycles. The van der Waals surface area contributed by atoms with Gasteiger partial charge in [0, 0.05) is 0 Å². The van der Waals surface area contributed by atoms with Gasteiger partial charge in [0.25, 0.3) is 7.52 Å². The molecule has 0 saturated carbocycles. The molecule has 0 radical (unpaired) electrons. The molecule has 0 bridgehead atoms. The second-order valence-electron chi connectivity index (χ2n) is 10.1. The van der Waals surface area contributed by atoms with E-state index < -0.39 is 43.6 Å². The van der Waals surface area contributed by atoms with Gasteiger partial charge in [-0.2, -0.15) is 0 Å². The number of nitrogens with zero attached hydrogens (tertiary/aromatic N) is 4. The molecule has 37 heavy (non-hydrogen) atoms. The average molecular weight is 543 g/mol. The van der Waals surface area contributed by atoms with E-state index in [9.17, 15) is 14.2 Å². The summed E-state index contributed by atoms with van der Waals surface area (Å²) in [5.41, 5.74) is 5.44. The normalized spacial score (nSPS) is 15.5. The number of aromatic nitrogens is 4. The van der Waals surface area contributed by atoms with Crippen molar-refractivity contribution in [2.75, 3.05) is 18.7 Å². The average Bonchev–Trinajstić information content (AvgIpc) is 3.19. The number of nitrogen functional groups attached to an aromatic ring is 1. The van der Waals surface area contributed by atoms with E-state index in [4.69, 9.17) is 24.5 Å². The molecule has 0 spiro atoms. The molecule has 2 aromatic heterocycles. The van der Waals surface area contributed by atoms with E-state index >= 15 is 0 Å². The van der Waals surface area contributed by atoms with E-state index in [1.54, 1.807) is 31.7 Å². The quantitative estimate of drug-likeness (QED) is 0.265. The summed E-state index contributed by atoms with van der Waals surface area (Å²) < 4.78 is 37.7. The zero-order valence-electron chi connectivity index (χ0n) is 22.8. The zero-order chi connectivity index (χ0) is 28.0. The van der Waals surface area contributed by atoms with Crippen molar-refractivity contribution in [2.45, 2.75) is 85.8 Å². The smallest absolute Gasteiger partial charge is 0.335 e. The number of esters is 2. The number of hydrogen-bond acceptors (Lipinski definition) is 11. The van der Waals surface area contributed by atoms with Gasteiger partial charge >= 0.3 is 11.9 Å². The Morgan fingerprint density at radius 3 is 2.43 bits per heavy atom. The predicted octanol–water partition coefficient (Wildman–Crippen LogP) is 2.89. The number of imidazole rings is 1. The van der Waals surface area contributed by atoms with Gasteiger partial charge in [-0.15, -0.1) is 0 Å². The molecule has 0 saturated heterocycles. The number of fused-ring (bicyclic) bond motifs is 1. The van der Waals surface area contributed by atoms with Crippen molar-refractivity contribution in [3.63, 3.8) is 0 Å². The third-order valence-corrected chi connectivity index (χ3v) is 6.98. The van der Waals surface area contributed by atoms with Gasteiger partial charge in [-0.05, 0) is 47.5 Å². The van der Waals surface area contributed by atoms with Crippen LogP contribution >= 0.6 is 7.52 Å². The Labute approximate surface area is 217 Å². The maximum Gasteiger partial charge on any atom is 0.335 e. The van der Waals surface area contributed by atoms with E-state index in [0.29, 0.717) is 17.7 Å². The summed E-state index contributed by atoms with van der Waals surface area (Å²) in [5, 5.41) is 2.75. The van der Waals surface area contributed by atoms with E-state index in [1.807, 2.05) is 13.8 Å². The van der Waals surface area contributed by atoms with Crippen LogP contribution in [-0.2, 0) is 39.4 Å². The number of anilines is 1. The topological polar surface area (TPSA) is 170 Å². The van der Waals surface area contributed by atoms with Gasteiger partial charge < -0.3 is 29.0 Å². The second kappa shape index (κ2) is 12.8. The molecule has 0 amide bonds. The first-order chi connectivity index (χ1) is 17.1. The number of ether oxygens (including phenoxy) is 3. The highest BCUT2D eigenvalue weighted by atomic mass is 31.2. The molecule has 2 rings (SSSR count). The summed E-state index contributed by atoms with van der Waals surface area (Å²) in [6.07, 6.45) is 0.416. The Morgan fingerprint density at radius 1 is 1.14 bits per heavy atom. The van der Waals surface area contributed by atoms with Gasteiger partial charge in [0.15, 0.2) is 17.6 Å². The van der Waals surface area contributed by atoms with Gasteiger partial charge in [0.1, 0.15) is 23.7 Å². The number of nitrogens with two attached hydrogens (primary N) is 1. The van der Waals surface area contributed by atoms with E-state index in [1.165, 1.54) is 27.1 Å². The van der Waals surface area contributed by atoms with Crippen molar-refractivity contribution < 1.29 is 32.9 Å². The lowest BCUT2D eigenvalue weighted by Gasteiger charge is -2.31. The number of carbonyl (C=O) groups is 2. The van der Waals surface area contributed by atoms with Gasteiger partial charge in [0.2, 0.25) is 0 Å². The Balaban J connectivity index is 2.17. The maximum absolute atomic E-state index is 13.9. The Bertz CT molecular complexity index is 1120. The fourth-order valence-corrected chi connectivity index (χ4v) is 5.37. The summed E-state index contributed by atoms with van der Waals surface area (Å²) in [6, 6.07) is 0. The third-order valence-electron chi connectivity index (χ3n) is 4.93. The second-order valence-corrected chi connectivity index (χ2v) is 12.1. The largest absolute Gasteiger partial charge is 0.464 e. The highest BCUT2D eigenvalue weighted by Gasteiger charge is 2.40. The number of hydrogen-bond donors (Lipinski definition) is 2. The fourth-order valence-electron chi connectivity index (χ4n) is 3.20. The van der Waals surface area contributed by atoms with Crippen LogP contribution in [0.25, 0.3) is 11.2 Å². The third kappa shape index (κ3) is 9.03. The number of rotatable bonds is 14. The number of nitrogens with one attached hydrogen (secondary N) is 1. The summed E-state index contributed by atoms with van der Waals surface area (Å²) in [5.74, 6) is -0.920. The molecule has 0 aliphatic rings. The van der Waals surface area contributed by atoms with Gasteiger partial charge in [-0.3, -0.25) is 9.36 Å². The van der Waals surface area contributed by atoms with Crippen molar-refractivity contribution in [3.05, 3.63) is 12.7 Å². The van der Waals surface area contributed by atoms with Crippen LogP contribution in [0.2, 0.25) is 0 Å². The van der Waals surface area contributed by atoms with Crippen LogP contribution < -0.4 is 10.8 Å².